The number of hydrogen-bond acceptors (Lipinski definition) is 5. The molecule has 25 heavy (non-hydrogen) atoms. The van der Waals surface area contributed by atoms with Crippen LogP contribution in [0.2, 0.25) is 0 Å². The fourth-order valence-corrected chi connectivity index (χ4v) is 6.99. The van der Waals surface area contributed by atoms with Crippen LogP contribution in [-0.4, -0.2) is 50.4 Å². The van der Waals surface area contributed by atoms with Crippen molar-refractivity contribution in [2.45, 2.75) is 69.1 Å². The van der Waals surface area contributed by atoms with Crippen LogP contribution >= 0.6 is 0 Å². The molecule has 136 valence electrons. The Morgan fingerprint density at radius 3 is 2.32 bits per heavy atom. The highest BCUT2D eigenvalue weighted by Gasteiger charge is 2.63. The smallest absolute Gasteiger partial charge is 0.273 e. The predicted octanol–water partition coefficient (Wildman–Crippen LogP) is 0.623. The molecule has 1 saturated heterocycles. The minimum Gasteiger partial charge on any atom is -0.410 e. The van der Waals surface area contributed by atoms with Gasteiger partial charge in [0.1, 0.15) is 6.04 Å². The monoisotopic (exact) mass is 347 g/mol. The predicted molar refractivity (Wildman–Crippen MR) is 87.6 cm³/mol. The Labute approximate surface area is 146 Å². The molecule has 0 spiro atoms. The fraction of sp³-hybridized carbons (Fsp3) is 0.833. The number of rotatable bonds is 3. The van der Waals surface area contributed by atoms with Crippen molar-refractivity contribution in [2.75, 3.05) is 0 Å². The summed E-state index contributed by atoms with van der Waals surface area (Å²) in [5.41, 5.74) is 4.36. The van der Waals surface area contributed by atoms with Crippen LogP contribution < -0.4 is 5.73 Å². The van der Waals surface area contributed by atoms with Crippen LogP contribution in [0.15, 0.2) is 5.16 Å². The Kier molecular flexibility index (Phi) is 2.97. The molecule has 0 aromatic rings. The molecule has 1 aliphatic heterocycles. The molecule has 4 N–H and O–H groups in total. The van der Waals surface area contributed by atoms with Crippen molar-refractivity contribution in [3.05, 3.63) is 0 Å². The molecule has 6 fully saturated rings. The van der Waals surface area contributed by atoms with Gasteiger partial charge in [-0.15, -0.1) is 0 Å². The second-order valence-corrected chi connectivity index (χ2v) is 9.34. The van der Waals surface area contributed by atoms with Crippen LogP contribution in [0.5, 0.6) is 0 Å². The Bertz CT molecular complexity index is 676. The quantitative estimate of drug-likeness (QED) is 0.394. The highest BCUT2D eigenvalue weighted by Crippen LogP contribution is 2.62. The molecule has 1 heterocycles. The van der Waals surface area contributed by atoms with Crippen molar-refractivity contribution in [1.29, 1.82) is 0 Å². The molecule has 5 saturated carbocycles. The van der Waals surface area contributed by atoms with E-state index in [2.05, 4.69) is 5.16 Å². The first-order valence-electron chi connectivity index (χ1n) is 9.41. The van der Waals surface area contributed by atoms with Gasteiger partial charge in [0.2, 0.25) is 5.91 Å². The molecule has 5 atom stereocenters. The van der Waals surface area contributed by atoms with E-state index >= 15 is 0 Å². The lowest BCUT2D eigenvalue weighted by molar-refractivity contribution is -0.147. The summed E-state index contributed by atoms with van der Waals surface area (Å²) in [6, 6.07) is -0.538. The van der Waals surface area contributed by atoms with Crippen LogP contribution in [0.4, 0.5) is 0 Å². The number of aliphatic hydroxyl groups is 1. The van der Waals surface area contributed by atoms with E-state index in [9.17, 15) is 19.9 Å². The van der Waals surface area contributed by atoms with E-state index in [4.69, 9.17) is 5.73 Å². The van der Waals surface area contributed by atoms with Crippen LogP contribution in [0.1, 0.15) is 51.4 Å². The van der Waals surface area contributed by atoms with Gasteiger partial charge in [-0.2, -0.15) is 0 Å². The summed E-state index contributed by atoms with van der Waals surface area (Å²) >= 11 is 0. The maximum atomic E-state index is 13.3. The number of hydrogen-bond donors (Lipinski definition) is 3. The molecule has 7 nitrogen and oxygen atoms in total. The molecule has 4 bridgehead atoms. The van der Waals surface area contributed by atoms with Gasteiger partial charge >= 0.3 is 0 Å². The van der Waals surface area contributed by atoms with Crippen LogP contribution in [0.25, 0.3) is 0 Å². The van der Waals surface area contributed by atoms with E-state index in [1.54, 1.807) is 4.90 Å². The van der Waals surface area contributed by atoms with E-state index in [0.717, 1.165) is 38.5 Å². The largest absolute Gasteiger partial charge is 0.410 e. The van der Waals surface area contributed by atoms with Gasteiger partial charge in [0.25, 0.3) is 5.91 Å². The normalized spacial score (nSPS) is 50.0. The lowest BCUT2D eigenvalue weighted by Crippen LogP contribution is -2.61. The summed E-state index contributed by atoms with van der Waals surface area (Å²) in [4.78, 5) is 26.6. The van der Waals surface area contributed by atoms with Gasteiger partial charge in [0.05, 0.1) is 5.60 Å². The zero-order chi connectivity index (χ0) is 17.6. The number of piperidine rings is 1. The van der Waals surface area contributed by atoms with E-state index in [1.807, 2.05) is 0 Å². The van der Waals surface area contributed by atoms with Crippen molar-refractivity contribution in [1.82, 2.24) is 4.90 Å². The van der Waals surface area contributed by atoms with Crippen molar-refractivity contribution in [3.63, 3.8) is 0 Å². The summed E-state index contributed by atoms with van der Waals surface area (Å²) in [5, 5.41) is 24.2. The second-order valence-electron chi connectivity index (χ2n) is 9.34. The zero-order valence-corrected chi connectivity index (χ0v) is 14.2. The number of nitrogens with zero attached hydrogens (tertiary/aromatic N) is 2. The number of carbonyl (C=O) groups excluding carboxylic acids is 2. The van der Waals surface area contributed by atoms with Crippen LogP contribution in [-0.2, 0) is 9.59 Å². The van der Waals surface area contributed by atoms with E-state index < -0.39 is 23.0 Å². The molecule has 5 aliphatic carbocycles. The lowest BCUT2D eigenvalue weighted by atomic mass is 9.46. The highest BCUT2D eigenvalue weighted by molar-refractivity contribution is 6.41. The summed E-state index contributed by atoms with van der Waals surface area (Å²) < 4.78 is 0. The number of fused-ring (bicyclic) bond motifs is 1. The van der Waals surface area contributed by atoms with Gasteiger partial charge < -0.3 is 20.9 Å². The minimum absolute atomic E-state index is 0.0544. The van der Waals surface area contributed by atoms with Crippen molar-refractivity contribution >= 4 is 17.5 Å². The van der Waals surface area contributed by atoms with Crippen molar-refractivity contribution in [3.8, 4) is 0 Å². The third kappa shape index (κ3) is 2.11. The molecule has 1 unspecified atom stereocenters. The van der Waals surface area contributed by atoms with Crippen LogP contribution in [0.3, 0.4) is 0 Å². The molecule has 0 radical (unpaired) electrons. The third-order valence-electron chi connectivity index (χ3n) is 7.50. The maximum Gasteiger partial charge on any atom is 0.273 e. The molecular formula is C18H25N3O4. The van der Waals surface area contributed by atoms with Gasteiger partial charge in [0.15, 0.2) is 5.71 Å². The first-order valence-corrected chi connectivity index (χ1v) is 9.41. The molecular weight excluding hydrogens is 322 g/mol. The first-order chi connectivity index (χ1) is 11.8. The summed E-state index contributed by atoms with van der Waals surface area (Å²) in [6.07, 6.45) is 6.26. The Hall–Kier alpha value is -1.63. The summed E-state index contributed by atoms with van der Waals surface area (Å²) in [6.45, 7) is 0. The van der Waals surface area contributed by atoms with E-state index in [0.29, 0.717) is 30.6 Å². The molecule has 0 aromatic carbocycles. The first kappa shape index (κ1) is 15.6. The van der Waals surface area contributed by atoms with E-state index in [-0.39, 0.29) is 17.7 Å². The van der Waals surface area contributed by atoms with Crippen molar-refractivity contribution in [2.24, 2.45) is 34.1 Å². The molecule has 2 amide bonds. The van der Waals surface area contributed by atoms with Gasteiger partial charge in [-0.25, -0.2) is 0 Å². The number of primary amides is 1. The maximum absolute atomic E-state index is 13.3. The van der Waals surface area contributed by atoms with Gasteiger partial charge in [0, 0.05) is 11.5 Å². The van der Waals surface area contributed by atoms with Crippen LogP contribution in [0, 0.1) is 23.2 Å². The molecule has 0 aromatic heterocycles. The van der Waals surface area contributed by atoms with Gasteiger partial charge in [-0.1, -0.05) is 5.16 Å². The highest BCUT2D eigenvalue weighted by atomic mass is 16.4. The number of nitrogens with two attached hydrogens (primary N) is 1. The topological polar surface area (TPSA) is 116 Å². The van der Waals surface area contributed by atoms with E-state index in [1.165, 1.54) is 0 Å². The second kappa shape index (κ2) is 4.75. The third-order valence-corrected chi connectivity index (χ3v) is 7.50. The minimum atomic E-state index is -0.740. The number of carbonyl (C=O) groups is 2. The zero-order valence-electron chi connectivity index (χ0n) is 14.2. The standard InChI is InChI=1S/C18H25N3O4/c19-15(22)13-3-11-2-12(11)21(13)16(23)14(20-25)17-4-9-1-10(5-17)7-18(24,6-9)8-17/h9-13,24-25H,1-8H2,(H2,19,22)/b20-14-/t9-,10-,11-,12-,13?,17?,18?/m0/s1. The average Bonchev–Trinajstić information content (AvgIpc) is 3.15. The lowest BCUT2D eigenvalue weighted by Gasteiger charge is -2.60. The summed E-state index contributed by atoms with van der Waals surface area (Å²) in [7, 11) is 0. The average molecular weight is 347 g/mol. The Morgan fingerprint density at radius 1 is 1.08 bits per heavy atom. The number of likely N-dealkylation sites (tertiary alicyclic amines) is 1. The van der Waals surface area contributed by atoms with Gasteiger partial charge in [-0.3, -0.25) is 9.59 Å². The molecule has 7 heteroatoms. The molecule has 6 aliphatic rings. The number of amides is 2. The fourth-order valence-electron chi connectivity index (χ4n) is 6.99. The number of oxime groups is 1. The summed E-state index contributed by atoms with van der Waals surface area (Å²) in [5.74, 6) is 0.288. The van der Waals surface area contributed by atoms with Crippen molar-refractivity contribution < 1.29 is 19.9 Å². The SMILES string of the molecule is NC(=O)C1C[C@@H]2C[C@@H]2N1C(=O)/C(=N/O)C12C[C@@H]3C[C@H](CC(O)(C3)C1)C2. The Balaban J connectivity index is 1.48. The van der Waals surface area contributed by atoms with Gasteiger partial charge in [-0.05, 0) is 69.1 Å². The molecule has 6 rings (SSSR count). The Morgan fingerprint density at radius 2 is 1.76 bits per heavy atom.